The maximum Gasteiger partial charge on any atom is 0.237 e. The summed E-state index contributed by atoms with van der Waals surface area (Å²) in [5.74, 6) is 0.459. The summed E-state index contributed by atoms with van der Waals surface area (Å²) in [5.41, 5.74) is 5.80. The first-order valence-electron chi connectivity index (χ1n) is 17.4. The van der Waals surface area contributed by atoms with Gasteiger partial charge in [0.25, 0.3) is 0 Å². The lowest BCUT2D eigenvalue weighted by Crippen LogP contribution is -2.05. The van der Waals surface area contributed by atoms with Crippen molar-refractivity contribution in [3.8, 4) is 22.9 Å². The maximum absolute atomic E-state index is 8.75. The Morgan fingerprint density at radius 2 is 1.17 bits per heavy atom. The molecule has 0 atom stereocenters. The molecule has 0 saturated carbocycles. The smallest absolute Gasteiger partial charge is 0.237 e. The Kier molecular flexibility index (Phi) is 4.26. The molecule has 0 spiro atoms. The average Bonchev–Trinajstić information content (AvgIpc) is 3.67. The summed E-state index contributed by atoms with van der Waals surface area (Å²) >= 11 is 0. The van der Waals surface area contributed by atoms with Crippen LogP contribution in [0.2, 0.25) is 0 Å². The summed E-state index contributed by atoms with van der Waals surface area (Å²) in [5, 5.41) is 6.13. The second-order valence-electron chi connectivity index (χ2n) is 11.2. The van der Waals surface area contributed by atoms with E-state index in [4.69, 9.17) is 16.8 Å². The van der Waals surface area contributed by atoms with Crippen molar-refractivity contribution < 1.29 is 6.85 Å². The van der Waals surface area contributed by atoms with Crippen LogP contribution in [0, 0.1) is 0 Å². The zero-order valence-electron chi connectivity index (χ0n) is 29.2. The Morgan fingerprint density at radius 1 is 0.522 bits per heavy atom. The van der Waals surface area contributed by atoms with E-state index in [1.165, 1.54) is 0 Å². The first kappa shape index (κ1) is 20.5. The minimum Gasteiger partial charge on any atom is -0.309 e. The van der Waals surface area contributed by atoms with Crippen molar-refractivity contribution in [2.24, 2.45) is 0 Å². The molecule has 0 bridgehead atoms. The molecule has 10 rings (SSSR count). The number of fused-ring (bicyclic) bond motifs is 8. The predicted octanol–water partition coefficient (Wildman–Crippen LogP) is 9.43. The number of hydrogen-bond donors (Lipinski definition) is 0. The molecule has 6 heteroatoms. The van der Waals surface area contributed by atoms with E-state index in [0.717, 1.165) is 48.9 Å². The van der Waals surface area contributed by atoms with Crippen molar-refractivity contribution in [2.45, 2.75) is 0 Å². The molecular formula is C40H24N6. The zero-order chi connectivity index (χ0) is 34.5. The Morgan fingerprint density at radius 3 is 1.98 bits per heavy atom. The third-order valence-corrected chi connectivity index (χ3v) is 8.72. The molecule has 0 aliphatic heterocycles. The van der Waals surface area contributed by atoms with Gasteiger partial charge in [-0.05, 0) is 59.3 Å². The SMILES string of the molecule is [2H]c1c([2H])c([2H])c(-n2c3ccccc3c3cc(-c4nc(-n5c6ccccc6c6cc7ccccc7cc65)nc5nccnc45)ccc32)c([2H])c1[2H]. The second kappa shape index (κ2) is 9.55. The molecule has 4 aromatic heterocycles. The molecule has 0 fully saturated rings. The second-order valence-corrected chi connectivity index (χ2v) is 11.2. The Hall–Kier alpha value is -6.40. The number of benzene rings is 6. The lowest BCUT2D eigenvalue weighted by molar-refractivity contribution is 0.999. The van der Waals surface area contributed by atoms with Gasteiger partial charge in [-0.2, -0.15) is 4.98 Å². The van der Waals surface area contributed by atoms with Gasteiger partial charge >= 0.3 is 0 Å². The van der Waals surface area contributed by atoms with Crippen LogP contribution in [0.5, 0.6) is 0 Å². The fourth-order valence-electron chi connectivity index (χ4n) is 6.74. The number of aromatic nitrogens is 6. The quantitative estimate of drug-likeness (QED) is 0.205. The highest BCUT2D eigenvalue weighted by Crippen LogP contribution is 2.37. The van der Waals surface area contributed by atoms with E-state index in [0.29, 0.717) is 33.8 Å². The van der Waals surface area contributed by atoms with E-state index in [1.807, 2.05) is 66.7 Å². The molecule has 0 N–H and O–H groups in total. The maximum atomic E-state index is 8.75. The van der Waals surface area contributed by atoms with Crippen molar-refractivity contribution in [1.82, 2.24) is 29.1 Å². The van der Waals surface area contributed by atoms with Crippen LogP contribution in [-0.4, -0.2) is 29.1 Å². The van der Waals surface area contributed by atoms with Crippen LogP contribution in [0.1, 0.15) is 6.85 Å². The summed E-state index contributed by atoms with van der Waals surface area (Å²) in [6, 6.07) is 32.7. The average molecular weight is 594 g/mol. The molecule has 0 aliphatic rings. The molecule has 0 unspecified atom stereocenters. The molecule has 4 heterocycles. The molecule has 46 heavy (non-hydrogen) atoms. The molecular weight excluding hydrogens is 564 g/mol. The van der Waals surface area contributed by atoms with E-state index in [-0.39, 0.29) is 29.9 Å². The van der Waals surface area contributed by atoms with Crippen molar-refractivity contribution in [3.05, 3.63) is 146 Å². The fourth-order valence-corrected chi connectivity index (χ4v) is 6.74. The van der Waals surface area contributed by atoms with E-state index in [2.05, 4.69) is 50.9 Å². The van der Waals surface area contributed by atoms with E-state index >= 15 is 0 Å². The summed E-state index contributed by atoms with van der Waals surface area (Å²) in [6.45, 7) is 0. The van der Waals surface area contributed by atoms with Gasteiger partial charge in [0.05, 0.1) is 28.9 Å². The van der Waals surface area contributed by atoms with Crippen molar-refractivity contribution in [3.63, 3.8) is 0 Å². The number of para-hydroxylation sites is 3. The van der Waals surface area contributed by atoms with Crippen molar-refractivity contribution >= 4 is 65.5 Å². The molecule has 214 valence electrons. The van der Waals surface area contributed by atoms with E-state index in [1.54, 1.807) is 17.0 Å². The van der Waals surface area contributed by atoms with Crippen molar-refractivity contribution in [1.29, 1.82) is 0 Å². The highest BCUT2D eigenvalue weighted by atomic mass is 15.2. The largest absolute Gasteiger partial charge is 0.309 e. The van der Waals surface area contributed by atoms with Gasteiger partial charge in [-0.1, -0.05) is 84.9 Å². The van der Waals surface area contributed by atoms with Crippen LogP contribution in [0.25, 0.3) is 88.4 Å². The van der Waals surface area contributed by atoms with Gasteiger partial charge in [0, 0.05) is 45.2 Å². The molecule has 0 aliphatic carbocycles. The standard InChI is InChI=1S/C40H24N6/c1-2-12-28(13-3-1)45-33-16-8-6-14-29(33)31-23-27(18-19-35(31)45)37-38-39(42-21-20-41-38)44-40(43-37)46-34-17-9-7-15-30(34)32-22-25-10-4-5-11-26(25)24-36(32)46/h1-24H/i1D,2D,3D,12D,13D. The van der Waals surface area contributed by atoms with Crippen LogP contribution in [-0.2, 0) is 0 Å². The topological polar surface area (TPSA) is 61.4 Å². The van der Waals surface area contributed by atoms with Crippen LogP contribution in [0.4, 0.5) is 0 Å². The number of hydrogen-bond acceptors (Lipinski definition) is 4. The van der Waals surface area contributed by atoms with Gasteiger partial charge in [0.2, 0.25) is 5.95 Å². The predicted molar refractivity (Wildman–Crippen MR) is 187 cm³/mol. The third-order valence-electron chi connectivity index (χ3n) is 8.72. The van der Waals surface area contributed by atoms with Crippen LogP contribution in [0.3, 0.4) is 0 Å². The minimum atomic E-state index is -0.430. The van der Waals surface area contributed by atoms with Gasteiger partial charge in [0.1, 0.15) is 11.2 Å². The summed E-state index contributed by atoms with van der Waals surface area (Å²) in [6.07, 6.45) is 3.25. The van der Waals surface area contributed by atoms with Gasteiger partial charge in [0.15, 0.2) is 5.65 Å². The van der Waals surface area contributed by atoms with Gasteiger partial charge < -0.3 is 4.57 Å². The van der Waals surface area contributed by atoms with Gasteiger partial charge in [-0.15, -0.1) is 0 Å². The minimum absolute atomic E-state index is 0.0967. The Bertz CT molecular complexity index is 3080. The van der Waals surface area contributed by atoms with Crippen LogP contribution in [0.15, 0.2) is 146 Å². The Balaban J connectivity index is 1.26. The summed E-state index contributed by atoms with van der Waals surface area (Å²) < 4.78 is 46.2. The van der Waals surface area contributed by atoms with E-state index < -0.39 is 6.04 Å². The summed E-state index contributed by atoms with van der Waals surface area (Å²) in [7, 11) is 0. The third kappa shape index (κ3) is 3.58. The highest BCUT2D eigenvalue weighted by Gasteiger charge is 2.20. The first-order valence-corrected chi connectivity index (χ1v) is 14.9. The molecule has 10 aromatic rings. The van der Waals surface area contributed by atoms with Gasteiger partial charge in [-0.25, -0.2) is 15.0 Å². The first-order chi connectivity index (χ1) is 24.9. The van der Waals surface area contributed by atoms with Gasteiger partial charge in [-0.3, -0.25) is 4.57 Å². The normalized spacial score (nSPS) is 13.4. The van der Waals surface area contributed by atoms with Crippen LogP contribution < -0.4 is 0 Å². The number of nitrogens with zero attached hydrogens (tertiary/aromatic N) is 6. The summed E-state index contributed by atoms with van der Waals surface area (Å²) in [4.78, 5) is 19.5. The molecule has 6 nitrogen and oxygen atoms in total. The molecule has 0 radical (unpaired) electrons. The molecule has 0 saturated heterocycles. The highest BCUT2D eigenvalue weighted by molar-refractivity contribution is 6.14. The fraction of sp³-hybridized carbons (Fsp3) is 0. The van der Waals surface area contributed by atoms with Crippen LogP contribution >= 0.6 is 0 Å². The number of rotatable bonds is 3. The molecule has 0 amide bonds. The monoisotopic (exact) mass is 593 g/mol. The lowest BCUT2D eigenvalue weighted by atomic mass is 10.1. The Labute approximate surface area is 269 Å². The zero-order valence-corrected chi connectivity index (χ0v) is 24.2. The van der Waals surface area contributed by atoms with Crippen molar-refractivity contribution in [2.75, 3.05) is 0 Å². The lowest BCUT2D eigenvalue weighted by Gasteiger charge is -2.11. The molecule has 6 aromatic carbocycles. The van der Waals surface area contributed by atoms with E-state index in [9.17, 15) is 0 Å².